The van der Waals surface area contributed by atoms with Gasteiger partial charge in [0.25, 0.3) is 5.69 Å². The lowest BCUT2D eigenvalue weighted by Gasteiger charge is -2.32. The third-order valence-electron chi connectivity index (χ3n) is 4.55. The average molecular weight is 291 g/mol. The number of nitrogens with zero attached hydrogens (tertiary/aromatic N) is 1. The van der Waals surface area contributed by atoms with Crippen LogP contribution in [0.2, 0.25) is 0 Å². The largest absolute Gasteiger partial charge is 0.481 e. The van der Waals surface area contributed by atoms with Crippen molar-refractivity contribution in [3.63, 3.8) is 0 Å². The molecule has 1 aliphatic carbocycles. The van der Waals surface area contributed by atoms with Gasteiger partial charge in [0.15, 0.2) is 0 Å². The fraction of sp³-hybridized carbons (Fsp3) is 0.500. The highest BCUT2D eigenvalue weighted by Crippen LogP contribution is 2.43. The number of benzene rings is 1. The fourth-order valence-electron chi connectivity index (χ4n) is 3.64. The predicted octanol–water partition coefficient (Wildman–Crippen LogP) is 1.61. The number of nitrogens with one attached hydrogen (secondary N) is 2. The van der Waals surface area contributed by atoms with Gasteiger partial charge in [-0.2, -0.15) is 0 Å². The van der Waals surface area contributed by atoms with Crippen molar-refractivity contribution in [2.75, 3.05) is 0 Å². The molecule has 112 valence electrons. The summed E-state index contributed by atoms with van der Waals surface area (Å²) in [5.41, 5.74) is 6.79. The molecule has 7 heteroatoms. The van der Waals surface area contributed by atoms with Crippen LogP contribution in [0.1, 0.15) is 30.9 Å². The number of nitro groups is 1. The van der Waals surface area contributed by atoms with Gasteiger partial charge in [-0.15, -0.1) is 0 Å². The molecule has 1 saturated carbocycles. The summed E-state index contributed by atoms with van der Waals surface area (Å²) >= 11 is 0. The third kappa shape index (κ3) is 2.38. The van der Waals surface area contributed by atoms with E-state index < -0.39 is 16.8 Å². The van der Waals surface area contributed by atoms with E-state index in [2.05, 4.69) is 10.9 Å². The maximum absolute atomic E-state index is 11.5. The number of hydrogen-bond donors (Lipinski definition) is 3. The number of nitro benzene ring substituents is 1. The quantitative estimate of drug-likeness (QED) is 0.577. The number of carboxylic acids is 1. The van der Waals surface area contributed by atoms with Crippen molar-refractivity contribution < 1.29 is 14.8 Å². The van der Waals surface area contributed by atoms with Gasteiger partial charge in [-0.3, -0.25) is 20.3 Å². The van der Waals surface area contributed by atoms with Crippen LogP contribution in [0.15, 0.2) is 24.3 Å². The Bertz CT molecular complexity index is 577. The molecule has 4 unspecified atom stereocenters. The Hall–Kier alpha value is -1.99. The molecule has 21 heavy (non-hydrogen) atoms. The van der Waals surface area contributed by atoms with E-state index in [1.54, 1.807) is 18.2 Å². The lowest BCUT2D eigenvalue weighted by molar-refractivity contribution is -0.385. The van der Waals surface area contributed by atoms with Gasteiger partial charge in [0.05, 0.1) is 16.9 Å². The van der Waals surface area contributed by atoms with Crippen LogP contribution in [0.5, 0.6) is 0 Å². The Morgan fingerprint density at radius 2 is 2.05 bits per heavy atom. The van der Waals surface area contributed by atoms with E-state index >= 15 is 0 Å². The first-order chi connectivity index (χ1) is 10.1. The minimum absolute atomic E-state index is 0.0344. The number of hydrogen-bond acceptors (Lipinski definition) is 5. The second-order valence-corrected chi connectivity index (χ2v) is 5.64. The summed E-state index contributed by atoms with van der Waals surface area (Å²) in [7, 11) is 0. The van der Waals surface area contributed by atoms with E-state index in [0.717, 1.165) is 12.8 Å². The Labute approximate surface area is 121 Å². The molecule has 2 aliphatic rings. The lowest BCUT2D eigenvalue weighted by Crippen LogP contribution is -2.39. The number of carboxylic acid groups (broad SMARTS) is 1. The molecule has 0 amide bonds. The smallest absolute Gasteiger partial charge is 0.306 e. The Morgan fingerprint density at radius 1 is 1.29 bits per heavy atom. The zero-order chi connectivity index (χ0) is 15.0. The molecule has 1 aromatic rings. The summed E-state index contributed by atoms with van der Waals surface area (Å²) < 4.78 is 0. The number of hydrazine groups is 1. The molecule has 0 bridgehead atoms. The maximum atomic E-state index is 11.5. The first-order valence-electron chi connectivity index (χ1n) is 7.07. The van der Waals surface area contributed by atoms with Crippen molar-refractivity contribution in [1.82, 2.24) is 10.9 Å². The van der Waals surface area contributed by atoms with E-state index in [9.17, 15) is 20.0 Å². The molecule has 0 aromatic heterocycles. The van der Waals surface area contributed by atoms with E-state index in [-0.39, 0.29) is 23.7 Å². The van der Waals surface area contributed by atoms with Crippen molar-refractivity contribution in [2.24, 2.45) is 11.8 Å². The molecular formula is C14H17N3O4. The van der Waals surface area contributed by atoms with E-state index in [0.29, 0.717) is 12.0 Å². The zero-order valence-electron chi connectivity index (χ0n) is 11.4. The highest BCUT2D eigenvalue weighted by Gasteiger charge is 2.47. The van der Waals surface area contributed by atoms with Crippen molar-refractivity contribution >= 4 is 11.7 Å². The maximum Gasteiger partial charge on any atom is 0.306 e. The Kier molecular flexibility index (Phi) is 3.60. The number of para-hydroxylation sites is 1. The SMILES string of the molecule is O=C(O)C1CCCC2NNC(c3ccccc3[N+](=O)[O-])C21. The molecule has 0 spiro atoms. The van der Waals surface area contributed by atoms with Crippen molar-refractivity contribution in [3.8, 4) is 0 Å². The van der Waals surface area contributed by atoms with Crippen LogP contribution < -0.4 is 10.9 Å². The molecular weight excluding hydrogens is 274 g/mol. The summed E-state index contributed by atoms with van der Waals surface area (Å²) in [6.45, 7) is 0. The third-order valence-corrected chi connectivity index (χ3v) is 4.55. The first kappa shape index (κ1) is 14.0. The summed E-state index contributed by atoms with van der Waals surface area (Å²) in [5.74, 6) is -1.47. The monoisotopic (exact) mass is 291 g/mol. The highest BCUT2D eigenvalue weighted by molar-refractivity contribution is 5.71. The summed E-state index contributed by atoms with van der Waals surface area (Å²) in [6.07, 6.45) is 2.37. The molecule has 4 atom stereocenters. The van der Waals surface area contributed by atoms with Crippen LogP contribution in [-0.4, -0.2) is 22.0 Å². The van der Waals surface area contributed by atoms with Gasteiger partial charge in [-0.05, 0) is 12.8 Å². The van der Waals surface area contributed by atoms with E-state index in [1.165, 1.54) is 6.07 Å². The van der Waals surface area contributed by atoms with Gasteiger partial charge in [0, 0.05) is 23.6 Å². The normalized spacial score (nSPS) is 31.6. The minimum Gasteiger partial charge on any atom is -0.481 e. The van der Waals surface area contributed by atoms with Gasteiger partial charge in [-0.1, -0.05) is 24.6 Å². The number of aliphatic carboxylic acids is 1. The molecule has 1 saturated heterocycles. The molecule has 1 heterocycles. The van der Waals surface area contributed by atoms with Gasteiger partial charge < -0.3 is 5.11 Å². The molecule has 3 rings (SSSR count). The molecule has 7 nitrogen and oxygen atoms in total. The van der Waals surface area contributed by atoms with Crippen LogP contribution in [0.25, 0.3) is 0 Å². The van der Waals surface area contributed by atoms with E-state index in [4.69, 9.17) is 0 Å². The zero-order valence-corrected chi connectivity index (χ0v) is 11.4. The number of carbonyl (C=O) groups is 1. The second-order valence-electron chi connectivity index (χ2n) is 5.64. The minimum atomic E-state index is -0.821. The first-order valence-corrected chi connectivity index (χ1v) is 7.07. The molecule has 1 aromatic carbocycles. The molecule has 0 radical (unpaired) electrons. The average Bonchev–Trinajstić information content (AvgIpc) is 2.90. The van der Waals surface area contributed by atoms with Gasteiger partial charge in [0.1, 0.15) is 0 Å². The Balaban J connectivity index is 1.99. The van der Waals surface area contributed by atoms with Gasteiger partial charge in [0.2, 0.25) is 0 Å². The molecule has 1 aliphatic heterocycles. The standard InChI is InChI=1S/C14H17N3O4/c18-14(19)9-5-3-6-10-12(9)13(16-15-10)8-4-1-2-7-11(8)17(20)21/h1-2,4,7,9-10,12-13,15-16H,3,5-6H2,(H,18,19). The van der Waals surface area contributed by atoms with Crippen molar-refractivity contribution in [1.29, 1.82) is 0 Å². The Morgan fingerprint density at radius 3 is 2.76 bits per heavy atom. The molecule has 2 fully saturated rings. The van der Waals surface area contributed by atoms with Crippen LogP contribution in [0, 0.1) is 22.0 Å². The topological polar surface area (TPSA) is 104 Å². The van der Waals surface area contributed by atoms with Crippen molar-refractivity contribution in [3.05, 3.63) is 39.9 Å². The number of rotatable bonds is 3. The summed E-state index contributed by atoms with van der Waals surface area (Å²) in [6, 6.07) is 6.23. The van der Waals surface area contributed by atoms with Crippen LogP contribution >= 0.6 is 0 Å². The summed E-state index contributed by atoms with van der Waals surface area (Å²) in [4.78, 5) is 22.3. The fourth-order valence-corrected chi connectivity index (χ4v) is 3.64. The van der Waals surface area contributed by atoms with Crippen LogP contribution in [-0.2, 0) is 4.79 Å². The lowest BCUT2D eigenvalue weighted by atomic mass is 9.72. The predicted molar refractivity (Wildman–Crippen MR) is 74.4 cm³/mol. The molecule has 3 N–H and O–H groups in total. The number of fused-ring (bicyclic) bond motifs is 1. The summed E-state index contributed by atoms with van der Waals surface area (Å²) in [5, 5.41) is 20.6. The van der Waals surface area contributed by atoms with E-state index in [1.807, 2.05) is 0 Å². The van der Waals surface area contributed by atoms with Gasteiger partial charge >= 0.3 is 5.97 Å². The highest BCUT2D eigenvalue weighted by atomic mass is 16.6. The second kappa shape index (κ2) is 5.42. The van der Waals surface area contributed by atoms with Gasteiger partial charge in [-0.25, -0.2) is 5.43 Å². The van der Waals surface area contributed by atoms with Crippen LogP contribution in [0.4, 0.5) is 5.69 Å². The van der Waals surface area contributed by atoms with Crippen LogP contribution in [0.3, 0.4) is 0 Å². The van der Waals surface area contributed by atoms with Crippen molar-refractivity contribution in [2.45, 2.75) is 31.3 Å².